The summed E-state index contributed by atoms with van der Waals surface area (Å²) in [5.74, 6) is 3.46. The lowest BCUT2D eigenvalue weighted by Gasteiger charge is -2.32. The van der Waals surface area contributed by atoms with Crippen molar-refractivity contribution in [1.29, 1.82) is 0 Å². The SMILES string of the molecule is C.C[C@H]1C(=O)CCCCOc2cc3c(ncnc3cc2OCCCN2CCN(C)CC2)Nc2c(ccc3c2OCO3)CN1C. The van der Waals surface area contributed by atoms with Crippen LogP contribution in [-0.4, -0.2) is 103 Å². The zero-order valence-corrected chi connectivity index (χ0v) is 25.4. The van der Waals surface area contributed by atoms with E-state index in [1.54, 1.807) is 6.33 Å². The summed E-state index contributed by atoms with van der Waals surface area (Å²) in [6, 6.07) is 7.60. The van der Waals surface area contributed by atoms with E-state index >= 15 is 0 Å². The first-order valence-electron chi connectivity index (χ1n) is 15.3. The van der Waals surface area contributed by atoms with E-state index < -0.39 is 0 Å². The number of ketones is 1. The molecular weight excluding hydrogens is 560 g/mol. The Kier molecular flexibility index (Phi) is 10.4. The molecule has 11 heteroatoms. The molecule has 2 bridgehead atoms. The number of hydrogen-bond acceptors (Lipinski definition) is 11. The van der Waals surface area contributed by atoms with Gasteiger partial charge in [-0.1, -0.05) is 13.5 Å². The molecule has 0 aliphatic carbocycles. The van der Waals surface area contributed by atoms with Crippen molar-refractivity contribution >= 4 is 28.2 Å². The highest BCUT2D eigenvalue weighted by atomic mass is 16.7. The molecule has 4 heterocycles. The Morgan fingerprint density at radius 3 is 2.70 bits per heavy atom. The maximum Gasteiger partial charge on any atom is 0.231 e. The fourth-order valence-electron chi connectivity index (χ4n) is 5.78. The Morgan fingerprint density at radius 2 is 1.86 bits per heavy atom. The van der Waals surface area contributed by atoms with Crippen LogP contribution in [0.1, 0.15) is 45.6 Å². The van der Waals surface area contributed by atoms with Gasteiger partial charge in [-0.3, -0.25) is 9.69 Å². The summed E-state index contributed by atoms with van der Waals surface area (Å²) in [4.78, 5) is 29.1. The summed E-state index contributed by atoms with van der Waals surface area (Å²) >= 11 is 0. The molecule has 2 aromatic carbocycles. The highest BCUT2D eigenvalue weighted by molar-refractivity contribution is 5.94. The van der Waals surface area contributed by atoms with E-state index in [2.05, 4.69) is 37.0 Å². The predicted octanol–water partition coefficient (Wildman–Crippen LogP) is 4.71. The highest BCUT2D eigenvalue weighted by Gasteiger charge is 2.25. The van der Waals surface area contributed by atoms with Crippen molar-refractivity contribution < 1.29 is 23.7 Å². The standard InChI is InChI=1S/C32H42N6O5.CH4/c1-22-26(39)7-4-5-15-40-28-17-24-25(18-29(28)41-16-6-10-38-13-11-36(2)12-14-38)33-20-34-32(24)35-30-23(19-37(22)3)8-9-27-31(30)43-21-42-27;/h8-9,17-18,20,22H,4-7,10-16,19,21H2,1-3H3,(H,33,34,35);1H4/t22-;/m0./s1. The summed E-state index contributed by atoms with van der Waals surface area (Å²) in [5.41, 5.74) is 2.49. The van der Waals surface area contributed by atoms with E-state index in [1.807, 2.05) is 38.2 Å². The Bertz CT molecular complexity index is 1440. The van der Waals surface area contributed by atoms with Crippen molar-refractivity contribution in [2.75, 3.05) is 72.1 Å². The van der Waals surface area contributed by atoms with Gasteiger partial charge in [-0.25, -0.2) is 9.97 Å². The van der Waals surface area contributed by atoms with Crippen molar-refractivity contribution in [3.05, 3.63) is 36.2 Å². The number of likely N-dealkylation sites (N-methyl/N-ethyl adjacent to an activating group) is 2. The third-order valence-corrected chi connectivity index (χ3v) is 8.66. The molecular formula is C33H46N6O5. The first-order valence-corrected chi connectivity index (χ1v) is 15.3. The van der Waals surface area contributed by atoms with E-state index in [9.17, 15) is 4.79 Å². The topological polar surface area (TPSA) is 102 Å². The average Bonchev–Trinajstić information content (AvgIpc) is 3.49. The van der Waals surface area contributed by atoms with Gasteiger partial charge in [0.1, 0.15) is 17.9 Å². The molecule has 0 amide bonds. The Labute approximate surface area is 260 Å². The fraction of sp³-hybridized carbons (Fsp3) is 0.545. The van der Waals surface area contributed by atoms with Gasteiger partial charge >= 0.3 is 0 Å². The number of rotatable bonds is 5. The minimum absolute atomic E-state index is 0. The second-order valence-electron chi connectivity index (χ2n) is 11.7. The number of fused-ring (bicyclic) bond motifs is 4. The number of piperazine rings is 1. The number of nitrogens with zero attached hydrogens (tertiary/aromatic N) is 5. The smallest absolute Gasteiger partial charge is 0.231 e. The lowest BCUT2D eigenvalue weighted by molar-refractivity contribution is -0.123. The van der Waals surface area contributed by atoms with Gasteiger partial charge in [0.25, 0.3) is 0 Å². The number of carbonyl (C=O) groups is 1. The monoisotopic (exact) mass is 606 g/mol. The van der Waals surface area contributed by atoms with Crippen LogP contribution in [0.25, 0.3) is 10.9 Å². The summed E-state index contributed by atoms with van der Waals surface area (Å²) in [6.45, 7) is 9.13. The first kappa shape index (κ1) is 31.7. The number of nitrogens with one attached hydrogen (secondary N) is 1. The van der Waals surface area contributed by atoms with Crippen molar-refractivity contribution in [2.45, 2.75) is 52.6 Å². The maximum atomic E-state index is 13.0. The quantitative estimate of drug-likeness (QED) is 0.409. The fourth-order valence-corrected chi connectivity index (χ4v) is 5.78. The highest BCUT2D eigenvalue weighted by Crippen LogP contribution is 2.44. The molecule has 0 unspecified atom stereocenters. The first-order chi connectivity index (χ1) is 21.0. The lowest BCUT2D eigenvalue weighted by atomic mass is 10.0. The Morgan fingerprint density at radius 1 is 1.02 bits per heavy atom. The molecule has 238 valence electrons. The molecule has 1 saturated heterocycles. The van der Waals surface area contributed by atoms with Gasteiger partial charge in [-0.05, 0) is 58.0 Å². The number of Topliss-reactive ketones (excluding diaryl/α,β-unsaturated/α-hetero) is 1. The van der Waals surface area contributed by atoms with E-state index in [4.69, 9.17) is 18.9 Å². The van der Waals surface area contributed by atoms with Gasteiger partial charge in [0, 0.05) is 57.1 Å². The van der Waals surface area contributed by atoms with Crippen LogP contribution in [0, 0.1) is 0 Å². The number of anilines is 2. The van der Waals surface area contributed by atoms with Gasteiger partial charge in [-0.15, -0.1) is 0 Å². The van der Waals surface area contributed by atoms with Gasteiger partial charge in [0.15, 0.2) is 23.0 Å². The lowest BCUT2D eigenvalue weighted by Crippen LogP contribution is -2.44. The number of benzene rings is 2. The van der Waals surface area contributed by atoms with Gasteiger partial charge in [0.05, 0.1) is 30.5 Å². The molecule has 11 nitrogen and oxygen atoms in total. The molecule has 6 rings (SSSR count). The predicted molar refractivity (Wildman–Crippen MR) is 171 cm³/mol. The van der Waals surface area contributed by atoms with Crippen LogP contribution < -0.4 is 24.3 Å². The van der Waals surface area contributed by atoms with Crippen molar-refractivity contribution in [3.63, 3.8) is 0 Å². The summed E-state index contributed by atoms with van der Waals surface area (Å²) in [6.07, 6.45) is 4.51. The van der Waals surface area contributed by atoms with Gasteiger partial charge < -0.3 is 34.1 Å². The molecule has 1 fully saturated rings. The van der Waals surface area contributed by atoms with E-state index in [1.165, 1.54) is 0 Å². The molecule has 1 atom stereocenters. The normalized spacial score (nSPS) is 20.1. The average molecular weight is 607 g/mol. The molecule has 0 spiro atoms. The minimum Gasteiger partial charge on any atom is -0.490 e. The number of aromatic nitrogens is 2. The Balaban J connectivity index is 0.00000384. The summed E-state index contributed by atoms with van der Waals surface area (Å²) in [5, 5.41) is 4.34. The molecule has 3 aromatic rings. The van der Waals surface area contributed by atoms with Crippen LogP contribution >= 0.6 is 0 Å². The second kappa shape index (κ2) is 14.4. The molecule has 3 aliphatic heterocycles. The summed E-state index contributed by atoms with van der Waals surface area (Å²) in [7, 11) is 4.15. The molecule has 1 aromatic heterocycles. The number of carbonyl (C=O) groups excluding carboxylic acids is 1. The van der Waals surface area contributed by atoms with Crippen LogP contribution in [0.2, 0.25) is 0 Å². The number of ether oxygens (including phenoxy) is 4. The van der Waals surface area contributed by atoms with E-state index in [-0.39, 0.29) is 26.0 Å². The second-order valence-corrected chi connectivity index (χ2v) is 11.7. The van der Waals surface area contributed by atoms with Gasteiger partial charge in [-0.2, -0.15) is 0 Å². The molecule has 3 aliphatic rings. The number of hydrogen-bond donors (Lipinski definition) is 1. The van der Waals surface area contributed by atoms with Crippen LogP contribution in [0.5, 0.6) is 23.0 Å². The third kappa shape index (κ3) is 7.17. The zero-order chi connectivity index (χ0) is 29.8. The van der Waals surface area contributed by atoms with Crippen LogP contribution in [0.15, 0.2) is 30.6 Å². The van der Waals surface area contributed by atoms with Crippen molar-refractivity contribution in [1.82, 2.24) is 24.7 Å². The minimum atomic E-state index is -0.226. The molecule has 44 heavy (non-hydrogen) atoms. The molecule has 0 radical (unpaired) electrons. The van der Waals surface area contributed by atoms with Crippen LogP contribution in [0.4, 0.5) is 11.5 Å². The molecule has 1 N–H and O–H groups in total. The van der Waals surface area contributed by atoms with Crippen LogP contribution in [-0.2, 0) is 11.3 Å². The maximum absolute atomic E-state index is 13.0. The zero-order valence-electron chi connectivity index (χ0n) is 25.4. The largest absolute Gasteiger partial charge is 0.490 e. The van der Waals surface area contributed by atoms with Crippen LogP contribution in [0.3, 0.4) is 0 Å². The third-order valence-electron chi connectivity index (χ3n) is 8.66. The van der Waals surface area contributed by atoms with Crippen molar-refractivity contribution in [2.24, 2.45) is 0 Å². The van der Waals surface area contributed by atoms with Crippen molar-refractivity contribution in [3.8, 4) is 23.0 Å². The summed E-state index contributed by atoms with van der Waals surface area (Å²) < 4.78 is 24.2. The van der Waals surface area contributed by atoms with E-state index in [0.717, 1.165) is 74.1 Å². The molecule has 0 saturated carbocycles. The Hall–Kier alpha value is -3.67. The van der Waals surface area contributed by atoms with E-state index in [0.29, 0.717) is 55.0 Å². The van der Waals surface area contributed by atoms with Gasteiger partial charge in [0.2, 0.25) is 6.79 Å².